The van der Waals surface area contributed by atoms with Crippen molar-refractivity contribution in [2.45, 2.75) is 26.8 Å². The number of benzene rings is 3. The molecule has 3 aromatic carbocycles. The third kappa shape index (κ3) is 2.89. The minimum absolute atomic E-state index is 0. The Bertz CT molecular complexity index is 1210. The molecule has 0 saturated carbocycles. The van der Waals surface area contributed by atoms with Gasteiger partial charge in [-0.15, -0.1) is 17.7 Å². The van der Waals surface area contributed by atoms with E-state index < -0.39 is 0 Å². The molecule has 0 bridgehead atoms. The van der Waals surface area contributed by atoms with Crippen molar-refractivity contribution in [2.24, 2.45) is 0 Å². The fourth-order valence-electron chi connectivity index (χ4n) is 3.95. The van der Waals surface area contributed by atoms with E-state index in [0.29, 0.717) is 0 Å². The first-order valence-corrected chi connectivity index (χ1v) is 9.25. The second-order valence-electron chi connectivity index (χ2n) is 7.11. The molecule has 1 aliphatic heterocycles. The van der Waals surface area contributed by atoms with E-state index in [4.69, 9.17) is 4.98 Å². The van der Waals surface area contributed by atoms with E-state index in [1.54, 1.807) is 0 Å². The normalized spacial score (nSPS) is 15.6. The topological polar surface area (TPSA) is 20.8 Å². The van der Waals surface area contributed by atoms with Gasteiger partial charge in [-0.05, 0) is 26.0 Å². The van der Waals surface area contributed by atoms with Crippen LogP contribution < -0.4 is 4.58 Å². The van der Waals surface area contributed by atoms with Gasteiger partial charge in [0.05, 0.1) is 5.71 Å². The minimum atomic E-state index is 0. The van der Waals surface area contributed by atoms with Crippen LogP contribution in [0, 0.1) is 19.1 Å². The third-order valence-corrected chi connectivity index (χ3v) is 5.49. The molecular weight excluding hydrogens is 419 g/mol. The fourth-order valence-corrected chi connectivity index (χ4v) is 3.95. The third-order valence-electron chi connectivity index (χ3n) is 5.49. The molecule has 28 heavy (non-hydrogen) atoms. The minimum Gasteiger partial charge on any atom is -0.241 e. The Balaban J connectivity index is 0.00000192. The second-order valence-corrected chi connectivity index (χ2v) is 7.11. The van der Waals surface area contributed by atoms with Gasteiger partial charge in [0, 0.05) is 38.4 Å². The zero-order valence-corrected chi connectivity index (χ0v) is 19.1. The number of fused-ring (bicyclic) bond motifs is 3. The summed E-state index contributed by atoms with van der Waals surface area (Å²) in [4.78, 5) is 4.92. The van der Waals surface area contributed by atoms with Crippen molar-refractivity contribution in [1.29, 1.82) is 0 Å². The van der Waals surface area contributed by atoms with E-state index in [1.165, 1.54) is 16.8 Å². The number of para-hydroxylation sites is 2. The molecule has 0 aliphatic carbocycles. The van der Waals surface area contributed by atoms with Gasteiger partial charge in [0.25, 0.3) is 0 Å². The zero-order chi connectivity index (χ0) is 18.5. The predicted octanol–water partition coefficient (Wildman–Crippen LogP) is 5.48. The van der Waals surface area contributed by atoms with Gasteiger partial charge in [0.15, 0.2) is 5.52 Å². The monoisotopic (exact) mass is 439 g/mol. The van der Waals surface area contributed by atoms with Crippen LogP contribution in [0.4, 0.5) is 11.6 Å². The van der Waals surface area contributed by atoms with Gasteiger partial charge in [-0.25, -0.2) is 20.3 Å². The van der Waals surface area contributed by atoms with Gasteiger partial charge in [-0.3, -0.25) is 0 Å². The van der Waals surface area contributed by atoms with E-state index in [0.717, 1.165) is 28.3 Å². The number of aromatic nitrogens is 2. The first-order chi connectivity index (χ1) is 13.1. The molecule has 5 rings (SSSR count). The fraction of sp³-hybridized carbons (Fsp3) is 0.167. The van der Waals surface area contributed by atoms with E-state index in [-0.39, 0.29) is 38.8 Å². The maximum atomic E-state index is 4.92. The zero-order valence-electron chi connectivity index (χ0n) is 16.3. The van der Waals surface area contributed by atoms with Crippen LogP contribution in [0.25, 0.3) is 22.2 Å². The van der Waals surface area contributed by atoms with Gasteiger partial charge < -0.3 is 0 Å². The molecule has 3 nitrogen and oxygen atoms in total. The molecule has 0 spiro atoms. The van der Waals surface area contributed by atoms with Crippen molar-refractivity contribution in [3.8, 4) is 11.1 Å². The van der Waals surface area contributed by atoms with E-state index >= 15 is 0 Å². The summed E-state index contributed by atoms with van der Waals surface area (Å²) < 4.78 is 4.60. The van der Waals surface area contributed by atoms with Crippen LogP contribution in [-0.2, 0) is 32.7 Å². The van der Waals surface area contributed by atoms with Crippen molar-refractivity contribution in [2.75, 3.05) is 0 Å². The smallest absolute Gasteiger partial charge is 0.241 e. The molecule has 1 atom stereocenters. The Labute approximate surface area is 190 Å². The average molecular weight is 439 g/mol. The number of hydrogen-bond donors (Lipinski definition) is 0. The van der Waals surface area contributed by atoms with Crippen LogP contribution in [-0.4, -0.2) is 15.3 Å². The molecule has 0 N–H and O–H groups in total. The quantitative estimate of drug-likeness (QED) is 0.299. The molecule has 0 amide bonds. The summed E-state index contributed by atoms with van der Waals surface area (Å²) in [6.07, 6.45) is 0. The van der Waals surface area contributed by atoms with E-state index in [2.05, 4.69) is 78.4 Å². The Morgan fingerprint density at radius 3 is 2.54 bits per heavy atom. The molecular formula is C24H20N3Y-. The van der Waals surface area contributed by atoms with Crippen LogP contribution in [0.3, 0.4) is 0 Å². The maximum absolute atomic E-state index is 4.92. The molecule has 0 saturated heterocycles. The number of imidazole rings is 1. The summed E-state index contributed by atoms with van der Waals surface area (Å²) >= 11 is 0. The van der Waals surface area contributed by atoms with Crippen LogP contribution in [0.5, 0.6) is 0 Å². The maximum Gasteiger partial charge on any atom is 0.396 e. The summed E-state index contributed by atoms with van der Waals surface area (Å²) in [6, 6.07) is 27.6. The Morgan fingerprint density at radius 2 is 1.79 bits per heavy atom. The van der Waals surface area contributed by atoms with Gasteiger partial charge in [-0.2, -0.15) is 36.4 Å². The van der Waals surface area contributed by atoms with Crippen LogP contribution in [0.15, 0.2) is 60.7 Å². The second kappa shape index (κ2) is 7.38. The van der Waals surface area contributed by atoms with Crippen molar-refractivity contribution in [1.82, 2.24) is 14.1 Å². The van der Waals surface area contributed by atoms with Crippen molar-refractivity contribution in [3.05, 3.63) is 78.4 Å². The van der Waals surface area contributed by atoms with Crippen LogP contribution >= 0.6 is 0 Å². The van der Waals surface area contributed by atoms with Crippen LogP contribution in [0.2, 0.25) is 0 Å². The molecule has 4 heteroatoms. The summed E-state index contributed by atoms with van der Waals surface area (Å²) in [7, 11) is 0. The molecule has 0 fully saturated rings. The number of rotatable bonds is 2. The first-order valence-electron chi connectivity index (χ1n) is 9.25. The summed E-state index contributed by atoms with van der Waals surface area (Å²) in [5.41, 5.74) is 7.96. The van der Waals surface area contributed by atoms with Gasteiger partial charge in [0.2, 0.25) is 0 Å². The molecule has 2 heterocycles. The van der Waals surface area contributed by atoms with Crippen molar-refractivity contribution < 1.29 is 32.7 Å². The van der Waals surface area contributed by atoms with Gasteiger partial charge >= 0.3 is 5.95 Å². The SMILES string of the molecule is CC1=[N+](c2c[c-]c(-c3[c-]cccc3)cc2C)c2nc3ccccc3n2C1C.[Y]. The first kappa shape index (κ1) is 19.2. The largest absolute Gasteiger partial charge is 0.396 e. The molecule has 1 unspecified atom stereocenters. The summed E-state index contributed by atoms with van der Waals surface area (Å²) in [5.74, 6) is 0.983. The molecule has 1 aromatic heterocycles. The van der Waals surface area contributed by atoms with Gasteiger partial charge in [-0.1, -0.05) is 24.0 Å². The average Bonchev–Trinajstić information content (AvgIpc) is 3.18. The molecule has 135 valence electrons. The Morgan fingerprint density at radius 1 is 1.00 bits per heavy atom. The number of hydrogen-bond acceptors (Lipinski definition) is 1. The summed E-state index contributed by atoms with van der Waals surface area (Å²) in [6.45, 7) is 6.57. The van der Waals surface area contributed by atoms with Crippen LogP contribution in [0.1, 0.15) is 25.5 Å². The number of nitrogens with zero attached hydrogens (tertiary/aromatic N) is 3. The molecule has 1 radical (unpaired) electrons. The Kier molecular flexibility index (Phi) is 5.07. The van der Waals surface area contributed by atoms with Crippen molar-refractivity contribution >= 4 is 28.4 Å². The van der Waals surface area contributed by atoms with E-state index in [9.17, 15) is 0 Å². The van der Waals surface area contributed by atoms with Crippen molar-refractivity contribution in [3.63, 3.8) is 0 Å². The molecule has 4 aromatic rings. The van der Waals surface area contributed by atoms with E-state index in [1.807, 2.05) is 24.3 Å². The predicted molar refractivity (Wildman–Crippen MR) is 111 cm³/mol. The number of aryl methyl sites for hydroxylation is 1. The standard InChI is InChI=1S/C24H20N3.Y/c1-16-15-20(19-9-5-4-6-10-19)13-14-22(16)26-17(2)18(3)27-23-12-8-7-11-21(23)25-24(26)27;/h4-9,11-12,14-15,18H,1-3H3;/q-1;. The summed E-state index contributed by atoms with van der Waals surface area (Å²) in [5, 5.41) is 0. The molecule has 1 aliphatic rings. The van der Waals surface area contributed by atoms with Gasteiger partial charge in [0.1, 0.15) is 11.6 Å². The Hall–Kier alpha value is -2.10.